The molecular weight excluding hydrogens is 396 g/mol. The van der Waals surface area contributed by atoms with Gasteiger partial charge in [-0.25, -0.2) is 13.9 Å². The molecular formula is C24H18N2O5. The standard InChI is InChI=1S/C24H18N2O5/c1-31-19-14-12-16(13-15-19)21(27)20-22(28)25(17-8-4-2-5-9-17)24(30)26(23(20)29)18-10-6-3-7-11-18/h2-15,28H,1H3. The number of carbonyl (C=O) groups is 1. The van der Waals surface area contributed by atoms with Crippen LogP contribution in [0.4, 0.5) is 0 Å². The highest BCUT2D eigenvalue weighted by molar-refractivity contribution is 6.10. The highest BCUT2D eigenvalue weighted by Gasteiger charge is 2.26. The largest absolute Gasteiger partial charge is 0.497 e. The van der Waals surface area contributed by atoms with Gasteiger partial charge < -0.3 is 9.84 Å². The minimum Gasteiger partial charge on any atom is -0.497 e. The second kappa shape index (κ2) is 8.16. The SMILES string of the molecule is COc1ccc(C(=O)c2c(O)n(-c3ccccc3)c(=O)n(-c3ccccc3)c2=O)cc1. The van der Waals surface area contributed by atoms with Crippen LogP contribution in [0.2, 0.25) is 0 Å². The van der Waals surface area contributed by atoms with Crippen LogP contribution in [-0.2, 0) is 0 Å². The Balaban J connectivity index is 2.04. The first-order chi connectivity index (χ1) is 15.0. The first kappa shape index (κ1) is 19.9. The highest BCUT2D eigenvalue weighted by Crippen LogP contribution is 2.21. The maximum Gasteiger partial charge on any atom is 0.343 e. The summed E-state index contributed by atoms with van der Waals surface area (Å²) in [7, 11) is 1.50. The van der Waals surface area contributed by atoms with E-state index in [4.69, 9.17) is 4.74 Å². The van der Waals surface area contributed by atoms with Crippen molar-refractivity contribution in [3.05, 3.63) is 117 Å². The fraction of sp³-hybridized carbons (Fsp3) is 0.0417. The predicted octanol–water partition coefficient (Wildman–Crippen LogP) is 2.93. The Labute approximate surface area is 177 Å². The van der Waals surface area contributed by atoms with Gasteiger partial charge in [0.25, 0.3) is 5.56 Å². The molecule has 1 heterocycles. The molecule has 0 bridgehead atoms. The lowest BCUT2D eigenvalue weighted by atomic mass is 10.0. The molecule has 1 N–H and O–H groups in total. The minimum absolute atomic E-state index is 0.172. The Bertz CT molecular complexity index is 1360. The third kappa shape index (κ3) is 3.53. The van der Waals surface area contributed by atoms with E-state index in [0.29, 0.717) is 11.4 Å². The number of carbonyl (C=O) groups excluding carboxylic acids is 1. The lowest BCUT2D eigenvalue weighted by Crippen LogP contribution is -2.41. The van der Waals surface area contributed by atoms with Crippen molar-refractivity contribution in [2.45, 2.75) is 0 Å². The fourth-order valence-corrected chi connectivity index (χ4v) is 3.30. The van der Waals surface area contributed by atoms with Crippen molar-refractivity contribution in [3.63, 3.8) is 0 Å². The van der Waals surface area contributed by atoms with E-state index in [9.17, 15) is 19.5 Å². The van der Waals surface area contributed by atoms with Crippen molar-refractivity contribution < 1.29 is 14.6 Å². The Morgan fingerprint density at radius 3 is 1.81 bits per heavy atom. The third-order valence-corrected chi connectivity index (χ3v) is 4.84. The number of para-hydroxylation sites is 2. The number of rotatable bonds is 5. The summed E-state index contributed by atoms with van der Waals surface area (Å²) in [6, 6.07) is 22.7. The van der Waals surface area contributed by atoms with Gasteiger partial charge in [0.1, 0.15) is 11.3 Å². The lowest BCUT2D eigenvalue weighted by molar-refractivity contribution is 0.103. The first-order valence-electron chi connectivity index (χ1n) is 9.43. The molecule has 0 fully saturated rings. The second-order valence-corrected chi connectivity index (χ2v) is 6.69. The van der Waals surface area contributed by atoms with Crippen molar-refractivity contribution in [1.82, 2.24) is 9.13 Å². The highest BCUT2D eigenvalue weighted by atomic mass is 16.5. The molecule has 0 saturated heterocycles. The van der Waals surface area contributed by atoms with E-state index in [-0.39, 0.29) is 11.3 Å². The summed E-state index contributed by atoms with van der Waals surface area (Å²) in [4.78, 5) is 39.8. The van der Waals surface area contributed by atoms with Gasteiger partial charge in [-0.1, -0.05) is 36.4 Å². The Hall–Kier alpha value is -4.39. The van der Waals surface area contributed by atoms with Crippen LogP contribution in [0.5, 0.6) is 11.6 Å². The quantitative estimate of drug-likeness (QED) is 0.507. The summed E-state index contributed by atoms with van der Waals surface area (Å²) >= 11 is 0. The summed E-state index contributed by atoms with van der Waals surface area (Å²) in [5.41, 5.74) is -1.42. The molecule has 0 radical (unpaired) electrons. The number of ketones is 1. The number of methoxy groups -OCH3 is 1. The third-order valence-electron chi connectivity index (χ3n) is 4.84. The maximum atomic E-state index is 13.3. The molecule has 0 aliphatic heterocycles. The molecule has 0 spiro atoms. The summed E-state index contributed by atoms with van der Waals surface area (Å²) in [5.74, 6) is -0.884. The molecule has 0 aliphatic carbocycles. The van der Waals surface area contributed by atoms with Crippen LogP contribution in [-0.4, -0.2) is 27.1 Å². The van der Waals surface area contributed by atoms with Crippen molar-refractivity contribution in [1.29, 1.82) is 0 Å². The number of nitrogens with zero attached hydrogens (tertiary/aromatic N) is 2. The fourth-order valence-electron chi connectivity index (χ4n) is 3.30. The van der Waals surface area contributed by atoms with Crippen molar-refractivity contribution in [2.75, 3.05) is 7.11 Å². The zero-order valence-corrected chi connectivity index (χ0v) is 16.6. The minimum atomic E-state index is -0.901. The summed E-state index contributed by atoms with van der Waals surface area (Å²) in [5, 5.41) is 10.9. The van der Waals surface area contributed by atoms with Crippen LogP contribution in [0.1, 0.15) is 15.9 Å². The van der Waals surface area contributed by atoms with Crippen molar-refractivity contribution >= 4 is 5.78 Å². The van der Waals surface area contributed by atoms with Crippen molar-refractivity contribution in [2.24, 2.45) is 0 Å². The van der Waals surface area contributed by atoms with Crippen molar-refractivity contribution in [3.8, 4) is 23.0 Å². The van der Waals surface area contributed by atoms with Gasteiger partial charge in [-0.15, -0.1) is 0 Å². The van der Waals surface area contributed by atoms with Gasteiger partial charge >= 0.3 is 5.69 Å². The molecule has 0 atom stereocenters. The van der Waals surface area contributed by atoms with E-state index in [2.05, 4.69) is 0 Å². The molecule has 0 saturated carbocycles. The molecule has 0 amide bonds. The maximum absolute atomic E-state index is 13.3. The summed E-state index contributed by atoms with van der Waals surface area (Å²) < 4.78 is 6.93. The molecule has 7 nitrogen and oxygen atoms in total. The van der Waals surface area contributed by atoms with Gasteiger partial charge in [0.05, 0.1) is 18.5 Å². The predicted molar refractivity (Wildman–Crippen MR) is 116 cm³/mol. The Morgan fingerprint density at radius 2 is 1.29 bits per heavy atom. The van der Waals surface area contributed by atoms with Gasteiger partial charge in [0, 0.05) is 5.56 Å². The number of hydrogen-bond acceptors (Lipinski definition) is 5. The van der Waals surface area contributed by atoms with Crippen LogP contribution in [0.25, 0.3) is 11.4 Å². The average Bonchev–Trinajstić information content (AvgIpc) is 2.80. The van der Waals surface area contributed by atoms with Crippen LogP contribution in [0.3, 0.4) is 0 Å². The lowest BCUT2D eigenvalue weighted by Gasteiger charge is -2.15. The number of aromatic hydroxyl groups is 1. The van der Waals surface area contributed by atoms with E-state index >= 15 is 0 Å². The molecule has 0 unspecified atom stereocenters. The average molecular weight is 414 g/mol. The number of aromatic nitrogens is 2. The van der Waals surface area contributed by atoms with Gasteiger partial charge in [-0.2, -0.15) is 0 Å². The van der Waals surface area contributed by atoms with E-state index < -0.39 is 28.5 Å². The number of ether oxygens (including phenoxy) is 1. The van der Waals surface area contributed by atoms with Crippen LogP contribution < -0.4 is 16.0 Å². The topological polar surface area (TPSA) is 90.5 Å². The second-order valence-electron chi connectivity index (χ2n) is 6.69. The number of benzene rings is 3. The first-order valence-corrected chi connectivity index (χ1v) is 9.43. The van der Waals surface area contributed by atoms with E-state index in [0.717, 1.165) is 9.13 Å². The molecule has 31 heavy (non-hydrogen) atoms. The number of hydrogen-bond donors (Lipinski definition) is 1. The summed E-state index contributed by atoms with van der Waals surface area (Å²) in [6.07, 6.45) is 0. The zero-order chi connectivity index (χ0) is 22.0. The van der Waals surface area contributed by atoms with E-state index in [1.54, 1.807) is 72.8 Å². The molecule has 4 rings (SSSR count). The molecule has 3 aromatic carbocycles. The molecule has 7 heteroatoms. The van der Waals surface area contributed by atoms with Crippen LogP contribution in [0, 0.1) is 0 Å². The zero-order valence-electron chi connectivity index (χ0n) is 16.6. The Morgan fingerprint density at radius 1 is 0.774 bits per heavy atom. The monoisotopic (exact) mass is 414 g/mol. The van der Waals surface area contributed by atoms with E-state index in [1.165, 1.54) is 19.2 Å². The van der Waals surface area contributed by atoms with Gasteiger partial charge in [-0.05, 0) is 48.5 Å². The smallest absolute Gasteiger partial charge is 0.343 e. The van der Waals surface area contributed by atoms with Crippen LogP contribution >= 0.6 is 0 Å². The van der Waals surface area contributed by atoms with Gasteiger partial charge in [-0.3, -0.25) is 9.59 Å². The molecule has 154 valence electrons. The van der Waals surface area contributed by atoms with Gasteiger partial charge in [0.15, 0.2) is 0 Å². The van der Waals surface area contributed by atoms with E-state index in [1.807, 2.05) is 0 Å². The Kier molecular flexibility index (Phi) is 5.24. The molecule has 0 aliphatic rings. The molecule has 4 aromatic rings. The molecule has 1 aromatic heterocycles. The summed E-state index contributed by atoms with van der Waals surface area (Å²) in [6.45, 7) is 0. The van der Waals surface area contributed by atoms with Gasteiger partial charge in [0.2, 0.25) is 11.7 Å². The normalized spacial score (nSPS) is 10.6. The van der Waals surface area contributed by atoms with Crippen LogP contribution in [0.15, 0.2) is 94.5 Å².